The molecule has 10 heteroatoms. The van der Waals surface area contributed by atoms with Gasteiger partial charge in [0.15, 0.2) is 0 Å². The van der Waals surface area contributed by atoms with E-state index in [-0.39, 0.29) is 5.56 Å². The van der Waals surface area contributed by atoms with Crippen molar-refractivity contribution >= 4 is 11.9 Å². The van der Waals surface area contributed by atoms with Crippen LogP contribution in [0.4, 0.5) is 17.6 Å². The van der Waals surface area contributed by atoms with Crippen LogP contribution in [0.3, 0.4) is 0 Å². The lowest BCUT2D eigenvalue weighted by Gasteiger charge is -2.42. The van der Waals surface area contributed by atoms with Crippen molar-refractivity contribution in [2.75, 3.05) is 7.11 Å². The Morgan fingerprint density at radius 1 is 1.14 bits per heavy atom. The molecule has 156 valence electrons. The molecular formula is C19H19F4N3O3. The number of amides is 1. The van der Waals surface area contributed by atoms with Crippen molar-refractivity contribution in [1.82, 2.24) is 15.2 Å². The first kappa shape index (κ1) is 22.3. The SMILES string of the molecule is COC(=O)C(NC(C)=O)(N(Cc1cccnc1)Cc1ccccc1F)C(F)(F)F. The highest BCUT2D eigenvalue weighted by Gasteiger charge is 2.66. The Hall–Kier alpha value is -3.01. The molecule has 1 heterocycles. The molecule has 1 amide bonds. The number of alkyl halides is 3. The van der Waals surface area contributed by atoms with Crippen LogP contribution in [0.2, 0.25) is 0 Å². The van der Waals surface area contributed by atoms with Crippen molar-refractivity contribution in [3.8, 4) is 0 Å². The minimum absolute atomic E-state index is 0.0979. The number of carbonyl (C=O) groups is 2. The summed E-state index contributed by atoms with van der Waals surface area (Å²) in [5.74, 6) is -3.62. The molecule has 1 aromatic heterocycles. The van der Waals surface area contributed by atoms with Crippen molar-refractivity contribution in [2.45, 2.75) is 31.9 Å². The summed E-state index contributed by atoms with van der Waals surface area (Å²) in [4.78, 5) is 28.5. The van der Waals surface area contributed by atoms with Gasteiger partial charge in [0.05, 0.1) is 7.11 Å². The highest BCUT2D eigenvalue weighted by atomic mass is 19.4. The topological polar surface area (TPSA) is 71.5 Å². The second-order valence-corrected chi connectivity index (χ2v) is 6.19. The molecule has 0 spiro atoms. The second kappa shape index (κ2) is 8.99. The first-order valence-corrected chi connectivity index (χ1v) is 8.43. The van der Waals surface area contributed by atoms with Crippen LogP contribution in [-0.4, -0.2) is 40.7 Å². The molecule has 0 aliphatic rings. The maximum absolute atomic E-state index is 14.3. The fourth-order valence-corrected chi connectivity index (χ4v) is 2.86. The molecule has 0 saturated heterocycles. The zero-order chi connectivity index (χ0) is 21.7. The average Bonchev–Trinajstić information content (AvgIpc) is 2.66. The summed E-state index contributed by atoms with van der Waals surface area (Å²) in [6.45, 7) is -0.275. The van der Waals surface area contributed by atoms with Gasteiger partial charge in [-0.25, -0.2) is 9.18 Å². The van der Waals surface area contributed by atoms with E-state index in [9.17, 15) is 27.2 Å². The molecule has 0 saturated carbocycles. The molecule has 1 atom stereocenters. The summed E-state index contributed by atoms with van der Waals surface area (Å²) >= 11 is 0. The molecule has 1 N–H and O–H groups in total. The van der Waals surface area contributed by atoms with E-state index in [2.05, 4.69) is 9.72 Å². The lowest BCUT2D eigenvalue weighted by Crippen LogP contribution is -2.72. The number of benzene rings is 1. The van der Waals surface area contributed by atoms with Crippen molar-refractivity contribution < 1.29 is 31.9 Å². The molecule has 0 aliphatic carbocycles. The van der Waals surface area contributed by atoms with E-state index in [0.29, 0.717) is 10.5 Å². The molecule has 2 aromatic rings. The predicted octanol–water partition coefficient (Wildman–Crippen LogP) is 2.79. The molecule has 0 bridgehead atoms. The van der Waals surface area contributed by atoms with E-state index >= 15 is 0 Å². The lowest BCUT2D eigenvalue weighted by atomic mass is 10.0. The first-order chi connectivity index (χ1) is 13.6. The van der Waals surface area contributed by atoms with Gasteiger partial charge in [-0.15, -0.1) is 0 Å². The van der Waals surface area contributed by atoms with Crippen LogP contribution >= 0.6 is 0 Å². The molecule has 29 heavy (non-hydrogen) atoms. The van der Waals surface area contributed by atoms with Crippen LogP contribution in [0, 0.1) is 5.82 Å². The summed E-state index contributed by atoms with van der Waals surface area (Å²) in [5.41, 5.74) is -3.32. The fraction of sp³-hybridized carbons (Fsp3) is 0.316. The summed E-state index contributed by atoms with van der Waals surface area (Å²) < 4.78 is 61.4. The Balaban J connectivity index is 2.65. The normalized spacial score (nSPS) is 13.6. The van der Waals surface area contributed by atoms with Gasteiger partial charge in [-0.3, -0.25) is 14.7 Å². The molecular weight excluding hydrogens is 394 g/mol. The van der Waals surface area contributed by atoms with Gasteiger partial charge >= 0.3 is 12.1 Å². The zero-order valence-electron chi connectivity index (χ0n) is 15.7. The number of aromatic nitrogens is 1. The molecule has 2 rings (SSSR count). The minimum Gasteiger partial charge on any atom is -0.466 e. The van der Waals surface area contributed by atoms with Crippen molar-refractivity contribution in [3.05, 3.63) is 65.7 Å². The maximum atomic E-state index is 14.3. The number of ether oxygens (including phenoxy) is 1. The van der Waals surface area contributed by atoms with Crippen LogP contribution in [0.1, 0.15) is 18.1 Å². The minimum atomic E-state index is -5.28. The van der Waals surface area contributed by atoms with Gasteiger partial charge in [-0.05, 0) is 17.7 Å². The number of methoxy groups -OCH3 is 1. The highest BCUT2D eigenvalue weighted by molar-refractivity contribution is 5.87. The number of halogens is 4. The quantitative estimate of drug-likeness (QED) is 0.429. The number of nitrogens with one attached hydrogen (secondary N) is 1. The van der Waals surface area contributed by atoms with Crippen molar-refractivity contribution in [2.24, 2.45) is 0 Å². The third kappa shape index (κ3) is 4.89. The average molecular weight is 413 g/mol. The van der Waals surface area contributed by atoms with Gasteiger partial charge in [0.25, 0.3) is 5.66 Å². The fourth-order valence-electron chi connectivity index (χ4n) is 2.86. The van der Waals surface area contributed by atoms with Crippen LogP contribution < -0.4 is 5.32 Å². The van der Waals surface area contributed by atoms with Crippen molar-refractivity contribution in [3.63, 3.8) is 0 Å². The Kier molecular flexibility index (Phi) is 6.91. The summed E-state index contributed by atoms with van der Waals surface area (Å²) in [6.07, 6.45) is -2.55. The number of rotatable bonds is 7. The van der Waals surface area contributed by atoms with Crippen LogP contribution in [0.15, 0.2) is 48.8 Å². The van der Waals surface area contributed by atoms with E-state index in [1.54, 1.807) is 5.32 Å². The lowest BCUT2D eigenvalue weighted by molar-refractivity contribution is -0.251. The third-order valence-electron chi connectivity index (χ3n) is 4.14. The van der Waals surface area contributed by atoms with Crippen LogP contribution in [0.5, 0.6) is 0 Å². The highest BCUT2D eigenvalue weighted by Crippen LogP contribution is 2.37. The molecule has 0 radical (unpaired) electrons. The van der Waals surface area contributed by atoms with Crippen molar-refractivity contribution in [1.29, 1.82) is 0 Å². The van der Waals surface area contributed by atoms with E-state index in [1.165, 1.54) is 42.7 Å². The van der Waals surface area contributed by atoms with E-state index in [1.807, 2.05) is 0 Å². The number of esters is 1. The molecule has 0 fully saturated rings. The number of hydrogen-bond donors (Lipinski definition) is 1. The number of carbonyl (C=O) groups excluding carboxylic acids is 2. The Morgan fingerprint density at radius 2 is 1.83 bits per heavy atom. The van der Waals surface area contributed by atoms with E-state index in [4.69, 9.17) is 0 Å². The van der Waals surface area contributed by atoms with Gasteiger partial charge in [0, 0.05) is 38.0 Å². The summed E-state index contributed by atoms with van der Waals surface area (Å²) in [7, 11) is 0.774. The standard InChI is InChI=1S/C19H19F4N3O3/c1-13(27)25-18(17(28)29-2,19(21,22)23)26(11-14-6-5-9-24-10-14)12-15-7-3-4-8-16(15)20/h3-10H,11-12H2,1-2H3,(H,25,27). The van der Waals surface area contributed by atoms with Gasteiger partial charge in [0.2, 0.25) is 5.91 Å². The molecule has 0 aliphatic heterocycles. The Morgan fingerprint density at radius 3 is 2.34 bits per heavy atom. The van der Waals surface area contributed by atoms with Crippen LogP contribution in [0.25, 0.3) is 0 Å². The zero-order valence-corrected chi connectivity index (χ0v) is 15.7. The van der Waals surface area contributed by atoms with E-state index < -0.39 is 42.6 Å². The smallest absolute Gasteiger partial charge is 0.436 e. The second-order valence-electron chi connectivity index (χ2n) is 6.19. The van der Waals surface area contributed by atoms with E-state index in [0.717, 1.165) is 20.1 Å². The summed E-state index contributed by atoms with van der Waals surface area (Å²) in [5, 5.41) is 1.69. The first-order valence-electron chi connectivity index (χ1n) is 8.43. The maximum Gasteiger partial charge on any atom is 0.436 e. The number of pyridine rings is 1. The number of hydrogen-bond acceptors (Lipinski definition) is 5. The van der Waals surface area contributed by atoms with Gasteiger partial charge < -0.3 is 10.1 Å². The number of nitrogens with zero attached hydrogens (tertiary/aromatic N) is 2. The third-order valence-corrected chi connectivity index (χ3v) is 4.14. The molecule has 6 nitrogen and oxygen atoms in total. The largest absolute Gasteiger partial charge is 0.466 e. The van der Waals surface area contributed by atoms with Crippen LogP contribution in [-0.2, 0) is 27.4 Å². The summed E-state index contributed by atoms with van der Waals surface area (Å²) in [6, 6.07) is 8.21. The Bertz CT molecular complexity index is 861. The van der Waals surface area contributed by atoms with Gasteiger partial charge in [-0.2, -0.15) is 13.2 Å². The van der Waals surface area contributed by atoms with Gasteiger partial charge in [-0.1, -0.05) is 24.3 Å². The van der Waals surface area contributed by atoms with Gasteiger partial charge in [0.1, 0.15) is 5.82 Å². The Labute approximate surface area is 164 Å². The monoisotopic (exact) mass is 413 g/mol. The molecule has 1 unspecified atom stereocenters. The molecule has 1 aromatic carbocycles. The predicted molar refractivity (Wildman–Crippen MR) is 94.5 cm³/mol.